The summed E-state index contributed by atoms with van der Waals surface area (Å²) in [5.74, 6) is 0.0824. The van der Waals surface area contributed by atoms with Crippen LogP contribution in [-0.4, -0.2) is 69.4 Å². The van der Waals surface area contributed by atoms with Crippen molar-refractivity contribution in [2.75, 3.05) is 19.7 Å². The van der Waals surface area contributed by atoms with Gasteiger partial charge >= 0.3 is 0 Å². The predicted molar refractivity (Wildman–Crippen MR) is 155 cm³/mol. The molecule has 12 heteroatoms. The Morgan fingerprint density at radius 1 is 0.930 bits per heavy atom. The number of benzene rings is 2. The number of rotatable bonds is 1. The molecule has 3 N–H and O–H groups in total. The third-order valence-corrected chi connectivity index (χ3v) is 7.28. The fourth-order valence-corrected chi connectivity index (χ4v) is 5.02. The van der Waals surface area contributed by atoms with Crippen molar-refractivity contribution in [3.63, 3.8) is 0 Å². The summed E-state index contributed by atoms with van der Waals surface area (Å²) < 4.78 is 12.0. The topological polar surface area (TPSA) is 156 Å². The van der Waals surface area contributed by atoms with Gasteiger partial charge in [-0.2, -0.15) is 0 Å². The molecule has 1 fully saturated rings. The quantitative estimate of drug-likeness (QED) is 0.309. The van der Waals surface area contributed by atoms with E-state index in [0.717, 1.165) is 17.3 Å². The second-order valence-electron chi connectivity index (χ2n) is 10.3. The number of hydrogen-bond donors (Lipinski definition) is 3. The van der Waals surface area contributed by atoms with Crippen molar-refractivity contribution in [1.82, 2.24) is 30.5 Å². The number of H-pyrrole nitrogens is 1. The number of likely N-dealkylation sites (tertiary alicyclic amines) is 1. The van der Waals surface area contributed by atoms with Crippen LogP contribution in [0.3, 0.4) is 0 Å². The summed E-state index contributed by atoms with van der Waals surface area (Å²) in [6, 6.07) is 15.6. The SMILES string of the molecule is O=C1COc2cccc(c2)-c2cncc(c2)C(=O)N[C@@H]2CN(C(=O)c3c[nH]c(=O)cn3)CC[C@@H]2Oc2ccc(cc2)CN1. The number of pyridine rings is 1. The summed E-state index contributed by atoms with van der Waals surface area (Å²) in [7, 11) is 0. The van der Waals surface area contributed by atoms with E-state index in [1.165, 1.54) is 12.4 Å². The Balaban J connectivity index is 1.31. The van der Waals surface area contributed by atoms with Crippen LogP contribution < -0.4 is 25.7 Å². The van der Waals surface area contributed by atoms with Crippen LogP contribution in [-0.2, 0) is 11.3 Å². The van der Waals surface area contributed by atoms with Crippen molar-refractivity contribution < 1.29 is 23.9 Å². The largest absolute Gasteiger partial charge is 0.488 e. The van der Waals surface area contributed by atoms with E-state index < -0.39 is 17.7 Å². The Labute approximate surface area is 246 Å². The fraction of sp³-hybridized carbons (Fsp3) is 0.226. The molecule has 7 rings (SSSR count). The number of aromatic nitrogens is 3. The number of carbonyl (C=O) groups is 3. The van der Waals surface area contributed by atoms with Gasteiger partial charge in [0.1, 0.15) is 23.3 Å². The highest BCUT2D eigenvalue weighted by Crippen LogP contribution is 2.25. The summed E-state index contributed by atoms with van der Waals surface area (Å²) in [6.07, 6.45) is 5.44. The van der Waals surface area contributed by atoms with E-state index in [4.69, 9.17) is 9.47 Å². The fourth-order valence-electron chi connectivity index (χ4n) is 5.02. The van der Waals surface area contributed by atoms with Gasteiger partial charge in [0.25, 0.3) is 23.3 Å². The number of hydrogen-bond acceptors (Lipinski definition) is 8. The average molecular weight is 581 g/mol. The molecular formula is C31H28N6O6. The molecule has 1 saturated heterocycles. The van der Waals surface area contributed by atoms with Crippen LogP contribution in [0.15, 0.2) is 84.2 Å². The third-order valence-electron chi connectivity index (χ3n) is 7.28. The summed E-state index contributed by atoms with van der Waals surface area (Å²) in [4.78, 5) is 62.9. The van der Waals surface area contributed by atoms with Gasteiger partial charge in [-0.15, -0.1) is 0 Å². The van der Waals surface area contributed by atoms with E-state index in [0.29, 0.717) is 42.1 Å². The number of aromatic amines is 1. The lowest BCUT2D eigenvalue weighted by Gasteiger charge is -2.38. The van der Waals surface area contributed by atoms with Gasteiger partial charge in [-0.25, -0.2) is 4.98 Å². The lowest BCUT2D eigenvalue weighted by Crippen LogP contribution is -2.58. The highest BCUT2D eigenvalue weighted by atomic mass is 16.5. The molecule has 4 aromatic rings. The Bertz CT molecular complexity index is 1700. The molecule has 0 spiro atoms. The smallest absolute Gasteiger partial charge is 0.274 e. The molecule has 0 unspecified atom stereocenters. The molecule has 2 aromatic carbocycles. The Morgan fingerprint density at radius 3 is 2.58 bits per heavy atom. The zero-order valence-electron chi connectivity index (χ0n) is 23.0. The first-order valence-electron chi connectivity index (χ1n) is 13.8. The van der Waals surface area contributed by atoms with E-state index in [1.807, 2.05) is 18.2 Å². The minimum Gasteiger partial charge on any atom is -0.488 e. The maximum absolute atomic E-state index is 13.5. The van der Waals surface area contributed by atoms with Crippen molar-refractivity contribution in [2.45, 2.75) is 25.1 Å². The molecule has 0 saturated carbocycles. The molecule has 3 aliphatic heterocycles. The van der Waals surface area contributed by atoms with Crippen molar-refractivity contribution in [2.24, 2.45) is 0 Å². The van der Waals surface area contributed by atoms with Gasteiger partial charge < -0.3 is 30.0 Å². The summed E-state index contributed by atoms with van der Waals surface area (Å²) in [5.41, 5.74) is 2.35. The number of nitrogens with one attached hydrogen (secondary N) is 3. The molecule has 12 nitrogen and oxygen atoms in total. The van der Waals surface area contributed by atoms with E-state index in [2.05, 4.69) is 25.6 Å². The van der Waals surface area contributed by atoms with Crippen LogP contribution in [0.5, 0.6) is 11.5 Å². The molecule has 43 heavy (non-hydrogen) atoms. The molecule has 2 atom stereocenters. The molecule has 6 bridgehead atoms. The van der Waals surface area contributed by atoms with Crippen LogP contribution in [0.4, 0.5) is 0 Å². The Morgan fingerprint density at radius 2 is 1.77 bits per heavy atom. The second kappa shape index (κ2) is 12.1. The zero-order chi connectivity index (χ0) is 29.8. The van der Waals surface area contributed by atoms with Crippen LogP contribution in [0, 0.1) is 0 Å². The first-order valence-corrected chi connectivity index (χ1v) is 13.8. The second-order valence-corrected chi connectivity index (χ2v) is 10.3. The van der Waals surface area contributed by atoms with Crippen LogP contribution in [0.2, 0.25) is 0 Å². The van der Waals surface area contributed by atoms with Gasteiger partial charge in [-0.05, 0) is 41.5 Å². The van der Waals surface area contributed by atoms with Gasteiger partial charge in [0.15, 0.2) is 6.61 Å². The summed E-state index contributed by atoms with van der Waals surface area (Å²) >= 11 is 0. The van der Waals surface area contributed by atoms with Crippen molar-refractivity contribution >= 4 is 17.7 Å². The number of ether oxygens (including phenoxy) is 2. The monoisotopic (exact) mass is 580 g/mol. The standard InChI is InChI=1S/C31H28N6O6/c38-28-16-33-25(15-35-28)31(41)37-9-8-27-26(17-37)36-30(40)22-10-21(13-32-14-22)20-2-1-3-24(11-20)42-18-29(39)34-12-19-4-6-23(43-27)7-5-19/h1-7,10-11,13-16,26-27H,8-9,12,17-18H2,(H,34,39)(H,35,38)(H,36,40)/t26-,27+/m1/s1. The van der Waals surface area contributed by atoms with Gasteiger partial charge in [-0.1, -0.05) is 24.3 Å². The number of amides is 3. The minimum absolute atomic E-state index is 0.1000. The Kier molecular flexibility index (Phi) is 7.81. The highest BCUT2D eigenvalue weighted by molar-refractivity contribution is 5.95. The normalized spacial score (nSPS) is 18.7. The molecule has 0 radical (unpaired) electrons. The molecule has 3 amide bonds. The van der Waals surface area contributed by atoms with Crippen molar-refractivity contribution in [1.29, 1.82) is 0 Å². The van der Waals surface area contributed by atoms with E-state index in [1.54, 1.807) is 47.5 Å². The maximum Gasteiger partial charge on any atom is 0.274 e. The molecule has 218 valence electrons. The maximum atomic E-state index is 13.5. The highest BCUT2D eigenvalue weighted by Gasteiger charge is 2.35. The molecule has 5 heterocycles. The number of carbonyl (C=O) groups excluding carboxylic acids is 3. The summed E-state index contributed by atoms with van der Waals surface area (Å²) in [5, 5.41) is 5.90. The summed E-state index contributed by atoms with van der Waals surface area (Å²) in [6.45, 7) is 0.689. The lowest BCUT2D eigenvalue weighted by molar-refractivity contribution is -0.123. The molecule has 0 aliphatic carbocycles. The number of fused-ring (bicyclic) bond motifs is 7. The van der Waals surface area contributed by atoms with E-state index in [-0.39, 0.29) is 36.6 Å². The van der Waals surface area contributed by atoms with Gasteiger partial charge in [0.05, 0.1) is 17.8 Å². The first-order chi connectivity index (χ1) is 20.9. The Hall–Kier alpha value is -5.52. The number of piperidine rings is 1. The average Bonchev–Trinajstić information content (AvgIpc) is 3.04. The first kappa shape index (κ1) is 27.6. The van der Waals surface area contributed by atoms with Crippen LogP contribution >= 0.6 is 0 Å². The van der Waals surface area contributed by atoms with Crippen molar-refractivity contribution in [3.05, 3.63) is 107 Å². The van der Waals surface area contributed by atoms with Crippen LogP contribution in [0.25, 0.3) is 11.1 Å². The van der Waals surface area contributed by atoms with Crippen molar-refractivity contribution in [3.8, 4) is 22.6 Å². The van der Waals surface area contributed by atoms with Gasteiger partial charge in [0.2, 0.25) is 0 Å². The zero-order valence-corrected chi connectivity index (χ0v) is 23.0. The van der Waals surface area contributed by atoms with E-state index in [9.17, 15) is 19.2 Å². The lowest BCUT2D eigenvalue weighted by atomic mass is 10.00. The molecule has 3 aliphatic rings. The molecular weight excluding hydrogens is 552 g/mol. The predicted octanol–water partition coefficient (Wildman–Crippen LogP) is 1.93. The van der Waals surface area contributed by atoms with E-state index >= 15 is 0 Å². The van der Waals surface area contributed by atoms with Gasteiger partial charge in [-0.3, -0.25) is 24.2 Å². The third kappa shape index (κ3) is 6.53. The van der Waals surface area contributed by atoms with Gasteiger partial charge in [0, 0.05) is 50.2 Å². The minimum atomic E-state index is -0.571. The molecule has 2 aromatic heterocycles. The van der Waals surface area contributed by atoms with Crippen LogP contribution in [0.1, 0.15) is 32.8 Å². The number of nitrogens with zero attached hydrogens (tertiary/aromatic N) is 3.